The van der Waals surface area contributed by atoms with E-state index in [1.54, 1.807) is 0 Å². The van der Waals surface area contributed by atoms with Gasteiger partial charge in [-0.1, -0.05) is 0 Å². The number of rotatable bonds is 16. The Morgan fingerprint density at radius 3 is 1.33 bits per heavy atom. The molecule has 0 unspecified atom stereocenters. The first-order chi connectivity index (χ1) is 10.2. The minimum atomic E-state index is -2.17. The Morgan fingerprint density at radius 1 is 0.571 bits per heavy atom. The van der Waals surface area contributed by atoms with Crippen LogP contribution in [0.3, 0.4) is 0 Å². The van der Waals surface area contributed by atoms with Gasteiger partial charge in [-0.05, 0) is 0 Å². The standard InChI is InChI=1S/2C8H17.C2H5O.CH3.Sn/c2*1-3-5-7-8-6-4-2;1-2-3;;/h2*1,3-8H2,2H3;2H2,1H3;1H3;/q;;-1;;+1. The molecule has 0 amide bonds. The van der Waals surface area contributed by atoms with Gasteiger partial charge in [0.1, 0.15) is 0 Å². The molecule has 0 aromatic heterocycles. The van der Waals surface area contributed by atoms with Crippen molar-refractivity contribution in [2.24, 2.45) is 0 Å². The van der Waals surface area contributed by atoms with Crippen molar-refractivity contribution in [3.05, 3.63) is 0 Å². The van der Waals surface area contributed by atoms with Gasteiger partial charge in [0.2, 0.25) is 0 Å². The molecule has 0 aliphatic rings. The fraction of sp³-hybridized carbons (Fsp3) is 1.00. The van der Waals surface area contributed by atoms with Crippen molar-refractivity contribution in [2.45, 2.75) is 112 Å². The van der Waals surface area contributed by atoms with Crippen LogP contribution >= 0.6 is 0 Å². The van der Waals surface area contributed by atoms with E-state index < -0.39 is 18.8 Å². The predicted octanol–water partition coefficient (Wildman–Crippen LogP) is 7.32. The molecule has 0 radical (unpaired) electrons. The maximum absolute atomic E-state index is 6.29. The Labute approximate surface area is 140 Å². The third kappa shape index (κ3) is 14.1. The van der Waals surface area contributed by atoms with Crippen LogP contribution in [0.25, 0.3) is 0 Å². The van der Waals surface area contributed by atoms with Crippen molar-refractivity contribution < 1.29 is 3.07 Å². The van der Waals surface area contributed by atoms with Crippen molar-refractivity contribution >= 4 is 18.8 Å². The van der Waals surface area contributed by atoms with Crippen LogP contribution < -0.4 is 0 Å². The molecular formula is C19H42OSn. The number of hydrogen-bond acceptors (Lipinski definition) is 1. The van der Waals surface area contributed by atoms with Gasteiger partial charge in [0, 0.05) is 0 Å². The molecule has 0 spiro atoms. The van der Waals surface area contributed by atoms with Crippen LogP contribution in [-0.2, 0) is 3.07 Å². The molecule has 0 saturated carbocycles. The van der Waals surface area contributed by atoms with Crippen molar-refractivity contribution in [3.63, 3.8) is 0 Å². The molecule has 0 saturated heterocycles. The predicted molar refractivity (Wildman–Crippen MR) is 99.6 cm³/mol. The summed E-state index contributed by atoms with van der Waals surface area (Å²) in [4.78, 5) is 2.55. The van der Waals surface area contributed by atoms with Crippen molar-refractivity contribution in [2.75, 3.05) is 6.61 Å². The molecule has 0 aromatic rings. The Bertz CT molecular complexity index is 190. The van der Waals surface area contributed by atoms with Gasteiger partial charge in [-0.15, -0.1) is 0 Å². The van der Waals surface area contributed by atoms with Crippen LogP contribution in [0.4, 0.5) is 0 Å². The minimum absolute atomic E-state index is 0.957. The molecule has 0 aliphatic heterocycles. The average Bonchev–Trinajstić information content (AvgIpc) is 2.47. The molecule has 0 atom stereocenters. The van der Waals surface area contributed by atoms with Gasteiger partial charge in [0.25, 0.3) is 0 Å². The van der Waals surface area contributed by atoms with E-state index in [1.807, 2.05) is 0 Å². The van der Waals surface area contributed by atoms with Crippen LogP contribution in [0.1, 0.15) is 97.8 Å². The van der Waals surface area contributed by atoms with Crippen molar-refractivity contribution in [1.82, 2.24) is 0 Å². The summed E-state index contributed by atoms with van der Waals surface area (Å²) >= 11 is -2.17. The first kappa shape index (κ1) is 21.8. The normalized spacial score (nSPS) is 12.0. The monoisotopic (exact) mass is 406 g/mol. The zero-order valence-electron chi connectivity index (χ0n) is 15.5. The Balaban J connectivity index is 3.73. The molecule has 128 valence electrons. The van der Waals surface area contributed by atoms with Gasteiger partial charge in [0.05, 0.1) is 0 Å². The summed E-state index contributed by atoms with van der Waals surface area (Å²) in [6.07, 6.45) is 17.1. The van der Waals surface area contributed by atoms with E-state index >= 15 is 0 Å². The summed E-state index contributed by atoms with van der Waals surface area (Å²) < 4.78 is 9.22. The van der Waals surface area contributed by atoms with Gasteiger partial charge < -0.3 is 0 Å². The second-order valence-electron chi connectivity index (χ2n) is 6.92. The molecule has 0 N–H and O–H groups in total. The van der Waals surface area contributed by atoms with E-state index in [0.29, 0.717) is 0 Å². The molecule has 0 bridgehead atoms. The van der Waals surface area contributed by atoms with E-state index in [0.717, 1.165) is 6.61 Å². The Kier molecular flexibility index (Phi) is 16.2. The summed E-state index contributed by atoms with van der Waals surface area (Å²) in [5, 5.41) is 0. The molecule has 0 rings (SSSR count). The summed E-state index contributed by atoms with van der Waals surface area (Å²) in [6, 6.07) is 0. The zero-order valence-corrected chi connectivity index (χ0v) is 18.4. The molecular weight excluding hydrogens is 363 g/mol. The second-order valence-corrected chi connectivity index (χ2v) is 18.9. The van der Waals surface area contributed by atoms with Crippen molar-refractivity contribution in [3.8, 4) is 0 Å². The SMILES string of the molecule is CCCCCCC[CH2][Sn]([CH3])([CH2]CCCCCCC)[O]CC. The van der Waals surface area contributed by atoms with Gasteiger partial charge in [-0.25, -0.2) is 0 Å². The Morgan fingerprint density at radius 2 is 0.952 bits per heavy atom. The molecule has 0 aromatic carbocycles. The van der Waals surface area contributed by atoms with Crippen molar-refractivity contribution in [1.29, 1.82) is 0 Å². The van der Waals surface area contributed by atoms with Gasteiger partial charge in [-0.3, -0.25) is 0 Å². The topological polar surface area (TPSA) is 9.23 Å². The van der Waals surface area contributed by atoms with E-state index in [9.17, 15) is 0 Å². The molecule has 21 heavy (non-hydrogen) atoms. The number of hydrogen-bond donors (Lipinski definition) is 0. The van der Waals surface area contributed by atoms with Gasteiger partial charge in [-0.2, -0.15) is 0 Å². The first-order valence-corrected chi connectivity index (χ1v) is 17.9. The summed E-state index contributed by atoms with van der Waals surface area (Å²) in [5.74, 6) is 0. The summed E-state index contributed by atoms with van der Waals surface area (Å²) in [6.45, 7) is 7.74. The maximum atomic E-state index is 6.29. The zero-order chi connectivity index (χ0) is 15.8. The third-order valence-corrected chi connectivity index (χ3v) is 15.5. The fourth-order valence-electron chi connectivity index (χ4n) is 3.18. The van der Waals surface area contributed by atoms with E-state index in [2.05, 4.69) is 25.7 Å². The first-order valence-electron chi connectivity index (χ1n) is 9.82. The van der Waals surface area contributed by atoms with E-state index in [4.69, 9.17) is 3.07 Å². The quantitative estimate of drug-likeness (QED) is 0.193. The molecule has 0 fully saturated rings. The van der Waals surface area contributed by atoms with Crippen LogP contribution in [-0.4, -0.2) is 25.4 Å². The summed E-state index contributed by atoms with van der Waals surface area (Å²) in [7, 11) is 0. The fourth-order valence-corrected chi connectivity index (χ4v) is 12.4. The van der Waals surface area contributed by atoms with E-state index in [1.165, 1.54) is 85.9 Å². The van der Waals surface area contributed by atoms with Crippen LogP contribution in [0, 0.1) is 0 Å². The average molecular weight is 405 g/mol. The molecule has 0 heterocycles. The Hall–Kier alpha value is 0.759. The summed E-state index contributed by atoms with van der Waals surface area (Å²) in [5.41, 5.74) is 0. The van der Waals surface area contributed by atoms with Gasteiger partial charge >= 0.3 is 140 Å². The van der Waals surface area contributed by atoms with Crippen LogP contribution in [0.15, 0.2) is 0 Å². The molecule has 1 nitrogen and oxygen atoms in total. The third-order valence-electron chi connectivity index (χ3n) is 4.61. The van der Waals surface area contributed by atoms with Crippen LogP contribution in [0.5, 0.6) is 0 Å². The molecule has 0 aliphatic carbocycles. The van der Waals surface area contributed by atoms with Crippen LogP contribution in [0.2, 0.25) is 13.8 Å². The number of unbranched alkanes of at least 4 members (excludes halogenated alkanes) is 10. The van der Waals surface area contributed by atoms with E-state index in [-0.39, 0.29) is 0 Å². The second kappa shape index (κ2) is 15.6. The molecule has 2 heteroatoms. The van der Waals surface area contributed by atoms with Gasteiger partial charge in [0.15, 0.2) is 0 Å².